The van der Waals surface area contributed by atoms with Gasteiger partial charge < -0.3 is 9.80 Å². The third kappa shape index (κ3) is 6.57. The summed E-state index contributed by atoms with van der Waals surface area (Å²) in [7, 11) is 0. The molecule has 4 aromatic carbocycles. The van der Waals surface area contributed by atoms with Crippen LogP contribution in [0.2, 0.25) is 0 Å². The summed E-state index contributed by atoms with van der Waals surface area (Å²) in [4.78, 5) is 32.2. The molecule has 1 saturated heterocycles. The van der Waals surface area contributed by atoms with Crippen molar-refractivity contribution in [2.75, 3.05) is 13.1 Å². The minimum absolute atomic E-state index is 0.112. The molecule has 38 heavy (non-hydrogen) atoms. The molecular weight excluding hydrogens is 468 g/mol. The second-order valence-electron chi connectivity index (χ2n) is 10.2. The Labute approximate surface area is 225 Å². The fourth-order valence-electron chi connectivity index (χ4n) is 5.38. The van der Waals surface area contributed by atoms with Crippen LogP contribution in [-0.2, 0) is 35.5 Å². The monoisotopic (exact) mass is 502 g/mol. The van der Waals surface area contributed by atoms with Crippen LogP contribution < -0.4 is 0 Å². The third-order valence-electron chi connectivity index (χ3n) is 7.29. The highest BCUT2D eigenvalue weighted by Gasteiger charge is 2.36. The largest absolute Gasteiger partial charge is 0.337 e. The zero-order valence-corrected chi connectivity index (χ0v) is 21.7. The molecule has 4 heteroatoms. The summed E-state index contributed by atoms with van der Waals surface area (Å²) in [5.74, 6) is -0.402. The van der Waals surface area contributed by atoms with Crippen molar-refractivity contribution in [2.45, 2.75) is 25.9 Å². The lowest BCUT2D eigenvalue weighted by Crippen LogP contribution is -2.52. The lowest BCUT2D eigenvalue weighted by atomic mass is 9.91. The number of benzene rings is 4. The summed E-state index contributed by atoms with van der Waals surface area (Å²) < 4.78 is 0. The normalized spacial score (nSPS) is 18.2. The molecule has 1 heterocycles. The Hall–Kier alpha value is -4.18. The van der Waals surface area contributed by atoms with E-state index in [-0.39, 0.29) is 23.7 Å². The van der Waals surface area contributed by atoms with E-state index in [1.54, 1.807) is 0 Å². The molecule has 1 aliphatic heterocycles. The minimum Gasteiger partial charge on any atom is -0.337 e. The molecule has 2 amide bonds. The number of amides is 2. The summed E-state index contributed by atoms with van der Waals surface area (Å²) >= 11 is 0. The first-order valence-corrected chi connectivity index (χ1v) is 13.4. The molecule has 4 aromatic rings. The van der Waals surface area contributed by atoms with Gasteiger partial charge in [-0.1, -0.05) is 121 Å². The van der Waals surface area contributed by atoms with Crippen LogP contribution in [0.4, 0.5) is 0 Å². The topological polar surface area (TPSA) is 40.6 Å². The molecular formula is C34H34N2O2. The van der Waals surface area contributed by atoms with Crippen LogP contribution in [0.5, 0.6) is 0 Å². The first-order chi connectivity index (χ1) is 18.7. The predicted octanol–water partition coefficient (Wildman–Crippen LogP) is 5.78. The van der Waals surface area contributed by atoms with Gasteiger partial charge in [-0.3, -0.25) is 9.59 Å². The summed E-state index contributed by atoms with van der Waals surface area (Å²) in [6, 6.07) is 40.4. The van der Waals surface area contributed by atoms with Crippen molar-refractivity contribution in [2.24, 2.45) is 11.8 Å². The van der Waals surface area contributed by atoms with Crippen molar-refractivity contribution >= 4 is 11.8 Å². The fraction of sp³-hybridized carbons (Fsp3) is 0.235. The van der Waals surface area contributed by atoms with Crippen molar-refractivity contribution in [1.82, 2.24) is 9.80 Å². The molecule has 0 radical (unpaired) electrons. The van der Waals surface area contributed by atoms with Gasteiger partial charge in [-0.2, -0.15) is 0 Å². The van der Waals surface area contributed by atoms with Crippen LogP contribution in [0.3, 0.4) is 0 Å². The van der Waals surface area contributed by atoms with Gasteiger partial charge in [-0.05, 0) is 35.1 Å². The molecule has 192 valence electrons. The van der Waals surface area contributed by atoms with Crippen LogP contribution in [0, 0.1) is 11.8 Å². The smallest absolute Gasteiger partial charge is 0.228 e. The third-order valence-corrected chi connectivity index (χ3v) is 7.29. The molecule has 0 N–H and O–H groups in total. The molecule has 0 saturated carbocycles. The van der Waals surface area contributed by atoms with Gasteiger partial charge in [-0.25, -0.2) is 0 Å². The van der Waals surface area contributed by atoms with Gasteiger partial charge in [0.25, 0.3) is 0 Å². The first-order valence-electron chi connectivity index (χ1n) is 13.4. The Morgan fingerprint density at radius 3 is 1.05 bits per heavy atom. The van der Waals surface area contributed by atoms with Gasteiger partial charge in [0.1, 0.15) is 0 Å². The second kappa shape index (κ2) is 12.4. The molecule has 1 fully saturated rings. The SMILES string of the molecule is O=C1C(Cc2ccccc2)CN(Cc2ccccc2)C(=O)C(Cc2ccccc2)CN1Cc1ccccc1. The van der Waals surface area contributed by atoms with E-state index < -0.39 is 0 Å². The van der Waals surface area contributed by atoms with Crippen LogP contribution >= 0.6 is 0 Å². The van der Waals surface area contributed by atoms with E-state index in [9.17, 15) is 9.59 Å². The summed E-state index contributed by atoms with van der Waals surface area (Å²) in [6.07, 6.45) is 1.21. The maximum atomic E-state index is 14.2. The molecule has 2 atom stereocenters. The summed E-state index contributed by atoms with van der Waals surface area (Å²) in [5.41, 5.74) is 4.37. The molecule has 0 spiro atoms. The standard InChI is InChI=1S/C34H34N2O2/c37-33-31(21-27-13-5-1-6-14-27)25-35(23-29-17-9-3-10-18-29)34(38)32(22-28-15-7-2-8-16-28)26-36(33)24-30-19-11-4-12-20-30/h1-20,31-32H,21-26H2. The Bertz CT molecular complexity index is 1110. The first kappa shape index (κ1) is 25.5. The zero-order chi connectivity index (χ0) is 26.2. The fourth-order valence-corrected chi connectivity index (χ4v) is 5.38. The number of rotatable bonds is 8. The molecule has 5 rings (SSSR count). The van der Waals surface area contributed by atoms with E-state index >= 15 is 0 Å². The zero-order valence-electron chi connectivity index (χ0n) is 21.7. The lowest BCUT2D eigenvalue weighted by molar-refractivity contribution is -0.147. The molecule has 0 bridgehead atoms. The van der Waals surface area contributed by atoms with E-state index in [2.05, 4.69) is 24.3 Å². The van der Waals surface area contributed by atoms with Gasteiger partial charge in [0, 0.05) is 26.2 Å². The molecule has 0 aromatic heterocycles. The average molecular weight is 503 g/mol. The lowest BCUT2D eigenvalue weighted by Gasteiger charge is -2.38. The maximum Gasteiger partial charge on any atom is 0.228 e. The number of carbonyl (C=O) groups is 2. The minimum atomic E-state index is -0.313. The maximum absolute atomic E-state index is 14.2. The average Bonchev–Trinajstić information content (AvgIpc) is 2.96. The quantitative estimate of drug-likeness (QED) is 0.307. The van der Waals surface area contributed by atoms with Gasteiger partial charge in [0.05, 0.1) is 11.8 Å². The van der Waals surface area contributed by atoms with E-state index in [1.165, 1.54) is 0 Å². The molecule has 1 aliphatic rings. The highest BCUT2D eigenvalue weighted by atomic mass is 16.2. The van der Waals surface area contributed by atoms with Crippen molar-refractivity contribution in [1.29, 1.82) is 0 Å². The predicted molar refractivity (Wildman–Crippen MR) is 151 cm³/mol. The van der Waals surface area contributed by atoms with Gasteiger partial charge in [-0.15, -0.1) is 0 Å². The van der Waals surface area contributed by atoms with Crippen LogP contribution in [0.15, 0.2) is 121 Å². The Morgan fingerprint density at radius 1 is 0.447 bits per heavy atom. The van der Waals surface area contributed by atoms with Crippen molar-refractivity contribution in [3.8, 4) is 0 Å². The Balaban J connectivity index is 1.49. The molecule has 4 nitrogen and oxygen atoms in total. The van der Waals surface area contributed by atoms with Crippen molar-refractivity contribution in [3.05, 3.63) is 144 Å². The second-order valence-corrected chi connectivity index (χ2v) is 10.2. The van der Waals surface area contributed by atoms with Crippen molar-refractivity contribution in [3.63, 3.8) is 0 Å². The molecule has 2 unspecified atom stereocenters. The van der Waals surface area contributed by atoms with Gasteiger partial charge >= 0.3 is 0 Å². The van der Waals surface area contributed by atoms with E-state index in [0.29, 0.717) is 39.0 Å². The number of carbonyl (C=O) groups excluding carboxylic acids is 2. The van der Waals surface area contributed by atoms with Gasteiger partial charge in [0.15, 0.2) is 0 Å². The Kier molecular flexibility index (Phi) is 8.29. The summed E-state index contributed by atoms with van der Waals surface area (Å²) in [5, 5.41) is 0. The van der Waals surface area contributed by atoms with Crippen LogP contribution in [-0.4, -0.2) is 34.7 Å². The van der Waals surface area contributed by atoms with E-state index in [1.807, 2.05) is 107 Å². The van der Waals surface area contributed by atoms with Crippen LogP contribution in [0.1, 0.15) is 22.3 Å². The van der Waals surface area contributed by atoms with Crippen LogP contribution in [0.25, 0.3) is 0 Å². The van der Waals surface area contributed by atoms with E-state index in [0.717, 1.165) is 22.3 Å². The highest BCUT2D eigenvalue weighted by Crippen LogP contribution is 2.25. The highest BCUT2D eigenvalue weighted by molar-refractivity contribution is 5.85. The Morgan fingerprint density at radius 2 is 0.737 bits per heavy atom. The molecule has 0 aliphatic carbocycles. The van der Waals surface area contributed by atoms with Gasteiger partial charge in [0.2, 0.25) is 11.8 Å². The van der Waals surface area contributed by atoms with Crippen molar-refractivity contribution < 1.29 is 9.59 Å². The number of hydrogen-bond acceptors (Lipinski definition) is 2. The van der Waals surface area contributed by atoms with E-state index in [4.69, 9.17) is 0 Å². The number of nitrogens with zero attached hydrogens (tertiary/aromatic N) is 2. The number of hydrogen-bond donors (Lipinski definition) is 0. The summed E-state index contributed by atoms with van der Waals surface area (Å²) in [6.45, 7) is 1.81.